The highest BCUT2D eigenvalue weighted by molar-refractivity contribution is 8.93. The van der Waals surface area contributed by atoms with Crippen LogP contribution in [-0.4, -0.2) is 30.9 Å². The van der Waals surface area contributed by atoms with E-state index in [1.165, 1.54) is 4.90 Å². The minimum absolute atomic E-state index is 0. The Kier molecular flexibility index (Phi) is 21.0. The molecule has 0 aromatic carbocycles. The molecule has 0 unspecified atom stereocenters. The molecule has 0 aromatic rings. The fraction of sp³-hybridized carbons (Fsp3) is 0.667. The molecule has 0 aliphatic carbocycles. The van der Waals surface area contributed by atoms with Gasteiger partial charge in [-0.3, -0.25) is 4.79 Å². The number of nitrogens with zero attached hydrogens (tertiary/aromatic N) is 1. The highest BCUT2D eigenvalue weighted by Gasteiger charge is 1.68. The van der Waals surface area contributed by atoms with Crippen LogP contribution >= 0.6 is 17.0 Å². The lowest BCUT2D eigenvalue weighted by molar-refractivity contribution is -0.115. The average molecular weight is 172 g/mol. The Morgan fingerprint density at radius 3 is 1.57 bits per heavy atom. The molecule has 0 aliphatic heterocycles. The minimum atomic E-state index is 0. The first-order valence-electron chi connectivity index (χ1n) is 1.39. The third kappa shape index (κ3) is 24.8. The minimum Gasteiger partial charge on any atom is -0.412 e. The molecule has 0 spiro atoms. The van der Waals surface area contributed by atoms with E-state index in [2.05, 4.69) is 0 Å². The van der Waals surface area contributed by atoms with Crippen LogP contribution < -0.4 is 0 Å². The van der Waals surface area contributed by atoms with Crippen LogP contribution in [0.15, 0.2) is 0 Å². The molecule has 0 heterocycles. The fourth-order valence-corrected chi connectivity index (χ4v) is 0. The second kappa shape index (κ2) is 9.32. The summed E-state index contributed by atoms with van der Waals surface area (Å²) in [4.78, 5) is 10.9. The van der Waals surface area contributed by atoms with Crippen molar-refractivity contribution in [1.82, 2.24) is 4.90 Å². The molecule has 1 amide bonds. The lowest BCUT2D eigenvalue weighted by Crippen LogP contribution is -2.06. The molecule has 0 saturated carbocycles. The molecule has 3 nitrogen and oxygen atoms in total. The van der Waals surface area contributed by atoms with E-state index < -0.39 is 0 Å². The quantitative estimate of drug-likeness (QED) is 0.490. The van der Waals surface area contributed by atoms with Gasteiger partial charge in [0.2, 0.25) is 6.41 Å². The zero-order valence-corrected chi connectivity index (χ0v) is 6.05. The summed E-state index contributed by atoms with van der Waals surface area (Å²) in [5, 5.41) is 0. The Balaban J connectivity index is -0.0000000800. The van der Waals surface area contributed by atoms with E-state index in [1.807, 2.05) is 0 Å². The Labute approximate surface area is 53.4 Å². The van der Waals surface area contributed by atoms with Crippen molar-refractivity contribution in [2.45, 2.75) is 0 Å². The van der Waals surface area contributed by atoms with Crippen LogP contribution in [0.5, 0.6) is 0 Å². The zero-order chi connectivity index (χ0) is 4.28. The number of hydrogen-bond acceptors (Lipinski definition) is 1. The van der Waals surface area contributed by atoms with E-state index in [0.29, 0.717) is 0 Å². The van der Waals surface area contributed by atoms with E-state index in [9.17, 15) is 4.79 Å². The van der Waals surface area contributed by atoms with Gasteiger partial charge in [-0.2, -0.15) is 0 Å². The van der Waals surface area contributed by atoms with Crippen molar-refractivity contribution in [3.8, 4) is 0 Å². The van der Waals surface area contributed by atoms with Crippen molar-refractivity contribution >= 4 is 23.4 Å². The van der Waals surface area contributed by atoms with Gasteiger partial charge in [0, 0.05) is 14.1 Å². The smallest absolute Gasteiger partial charge is 0.209 e. The van der Waals surface area contributed by atoms with Crippen LogP contribution in [0, 0.1) is 0 Å². The molecule has 0 radical (unpaired) electrons. The van der Waals surface area contributed by atoms with Gasteiger partial charge in [-0.05, 0) is 0 Å². The van der Waals surface area contributed by atoms with Crippen LogP contribution in [0.2, 0.25) is 0 Å². The number of carbonyl (C=O) groups is 1. The number of hydrogen-bond donors (Lipinski definition) is 0. The Bertz CT molecular complexity index is 39.9. The lowest BCUT2D eigenvalue weighted by Gasteiger charge is -1.93. The SMILES string of the molecule is Br.CN(C)C=O.O. The van der Waals surface area contributed by atoms with E-state index in [1.54, 1.807) is 14.1 Å². The summed E-state index contributed by atoms with van der Waals surface area (Å²) in [6.45, 7) is 0. The first kappa shape index (κ1) is 15.8. The van der Waals surface area contributed by atoms with E-state index in [0.717, 1.165) is 6.41 Å². The molecular formula is C3H10BrNO2. The van der Waals surface area contributed by atoms with Gasteiger partial charge in [0.25, 0.3) is 0 Å². The van der Waals surface area contributed by atoms with Gasteiger partial charge < -0.3 is 10.4 Å². The van der Waals surface area contributed by atoms with Crippen molar-refractivity contribution in [2.24, 2.45) is 0 Å². The van der Waals surface area contributed by atoms with Gasteiger partial charge in [-0.1, -0.05) is 0 Å². The van der Waals surface area contributed by atoms with E-state index in [-0.39, 0.29) is 22.5 Å². The van der Waals surface area contributed by atoms with Crippen LogP contribution in [0.1, 0.15) is 0 Å². The summed E-state index contributed by atoms with van der Waals surface area (Å²) in [5.74, 6) is 0. The summed E-state index contributed by atoms with van der Waals surface area (Å²) >= 11 is 0. The highest BCUT2D eigenvalue weighted by Crippen LogP contribution is 1.52. The number of carbonyl (C=O) groups excluding carboxylic acids is 1. The van der Waals surface area contributed by atoms with E-state index >= 15 is 0 Å². The first-order valence-corrected chi connectivity index (χ1v) is 1.39. The third-order valence-corrected chi connectivity index (χ3v) is 0.211. The summed E-state index contributed by atoms with van der Waals surface area (Å²) in [7, 11) is 3.38. The van der Waals surface area contributed by atoms with Crippen molar-refractivity contribution in [2.75, 3.05) is 14.1 Å². The topological polar surface area (TPSA) is 51.8 Å². The second-order valence-corrected chi connectivity index (χ2v) is 1.07. The molecule has 2 N–H and O–H groups in total. The van der Waals surface area contributed by atoms with Gasteiger partial charge in [-0.15, -0.1) is 17.0 Å². The molecule has 0 fully saturated rings. The molecule has 0 aliphatic rings. The van der Waals surface area contributed by atoms with Gasteiger partial charge in [0.15, 0.2) is 0 Å². The molecule has 4 heteroatoms. The maximum absolute atomic E-state index is 9.43. The van der Waals surface area contributed by atoms with Crippen molar-refractivity contribution < 1.29 is 10.3 Å². The average Bonchev–Trinajstić information content (AvgIpc) is 1.38. The van der Waals surface area contributed by atoms with Crippen LogP contribution in [0.4, 0.5) is 0 Å². The summed E-state index contributed by atoms with van der Waals surface area (Å²) < 4.78 is 0. The summed E-state index contributed by atoms with van der Waals surface area (Å²) in [6, 6.07) is 0. The van der Waals surface area contributed by atoms with Crippen LogP contribution in [0.25, 0.3) is 0 Å². The first-order chi connectivity index (χ1) is 2.27. The summed E-state index contributed by atoms with van der Waals surface area (Å²) in [6.07, 6.45) is 0.750. The van der Waals surface area contributed by atoms with Crippen molar-refractivity contribution in [3.63, 3.8) is 0 Å². The predicted molar refractivity (Wildman–Crippen MR) is 33.7 cm³/mol. The van der Waals surface area contributed by atoms with Crippen LogP contribution in [-0.2, 0) is 4.79 Å². The number of amides is 1. The van der Waals surface area contributed by atoms with Gasteiger partial charge >= 0.3 is 0 Å². The highest BCUT2D eigenvalue weighted by atomic mass is 79.9. The molecule has 0 bridgehead atoms. The molecule has 7 heavy (non-hydrogen) atoms. The predicted octanol–water partition coefficient (Wildman–Crippen LogP) is -0.542. The van der Waals surface area contributed by atoms with Crippen LogP contribution in [0.3, 0.4) is 0 Å². The summed E-state index contributed by atoms with van der Waals surface area (Å²) in [5.41, 5.74) is 0. The van der Waals surface area contributed by atoms with Gasteiger partial charge in [-0.25, -0.2) is 0 Å². The number of halogens is 1. The molecule has 0 rings (SSSR count). The van der Waals surface area contributed by atoms with Crippen molar-refractivity contribution in [3.05, 3.63) is 0 Å². The third-order valence-electron chi connectivity index (χ3n) is 0.211. The van der Waals surface area contributed by atoms with Crippen molar-refractivity contribution in [1.29, 1.82) is 0 Å². The molecule has 0 aromatic heterocycles. The Morgan fingerprint density at radius 2 is 1.57 bits per heavy atom. The number of rotatable bonds is 1. The normalized spacial score (nSPS) is 4.86. The lowest BCUT2D eigenvalue weighted by atomic mass is 11.0. The zero-order valence-electron chi connectivity index (χ0n) is 4.34. The molecule has 0 saturated heterocycles. The maximum atomic E-state index is 9.43. The second-order valence-electron chi connectivity index (χ2n) is 1.07. The Morgan fingerprint density at radius 1 is 1.43 bits per heavy atom. The monoisotopic (exact) mass is 171 g/mol. The fourth-order valence-electron chi connectivity index (χ4n) is 0. The van der Waals surface area contributed by atoms with Gasteiger partial charge in [0.1, 0.15) is 0 Å². The maximum Gasteiger partial charge on any atom is 0.209 e. The van der Waals surface area contributed by atoms with Gasteiger partial charge in [0.05, 0.1) is 0 Å². The largest absolute Gasteiger partial charge is 0.412 e. The molecule has 0 atom stereocenters. The molecular weight excluding hydrogens is 162 g/mol. The Hall–Kier alpha value is -0.0900. The van der Waals surface area contributed by atoms with E-state index in [4.69, 9.17) is 0 Å². The molecule has 46 valence electrons. The standard InChI is InChI=1S/C3H7NO.BrH.H2O/c1-4(2)3-5;;/h3H,1-2H3;1H;1H2.